The van der Waals surface area contributed by atoms with Crippen LogP contribution in [0.1, 0.15) is 145 Å². The Morgan fingerprint density at radius 3 is 1.19 bits per heavy atom. The van der Waals surface area contributed by atoms with Gasteiger partial charge in [-0.3, -0.25) is 0 Å². The molecule has 0 amide bonds. The van der Waals surface area contributed by atoms with Crippen molar-refractivity contribution in [2.45, 2.75) is 170 Å². The molecule has 0 aromatic carbocycles. The SMILES string of the molecule is CCCCOC(CCCC(C)CC(C)CC(C)O)OC(CCCC(C)CC(C)CC(C)O)OCCCC. The first-order chi connectivity index (χ1) is 17.6. The molecule has 0 heterocycles. The highest BCUT2D eigenvalue weighted by atomic mass is 16.8. The summed E-state index contributed by atoms with van der Waals surface area (Å²) in [5.41, 5.74) is 0. The van der Waals surface area contributed by atoms with Gasteiger partial charge in [0, 0.05) is 13.2 Å². The smallest absolute Gasteiger partial charge is 0.160 e. The molecule has 0 spiro atoms. The van der Waals surface area contributed by atoms with Crippen LogP contribution in [-0.2, 0) is 14.2 Å². The third-order valence-electron chi connectivity index (χ3n) is 7.28. The molecule has 0 rings (SSSR count). The zero-order chi connectivity index (χ0) is 28.1. The Morgan fingerprint density at radius 1 is 0.486 bits per heavy atom. The molecular weight excluding hydrogens is 464 g/mol. The highest BCUT2D eigenvalue weighted by Gasteiger charge is 2.20. The van der Waals surface area contributed by atoms with Gasteiger partial charge in [-0.2, -0.15) is 0 Å². The third-order valence-corrected chi connectivity index (χ3v) is 7.28. The monoisotopic (exact) mass is 530 g/mol. The molecule has 0 aliphatic rings. The first kappa shape index (κ1) is 36.8. The van der Waals surface area contributed by atoms with Crippen LogP contribution >= 0.6 is 0 Å². The van der Waals surface area contributed by atoms with Gasteiger partial charge in [-0.25, -0.2) is 0 Å². The molecule has 0 aliphatic carbocycles. The summed E-state index contributed by atoms with van der Waals surface area (Å²) in [5.74, 6) is 2.38. The summed E-state index contributed by atoms with van der Waals surface area (Å²) in [7, 11) is 0. The van der Waals surface area contributed by atoms with E-state index >= 15 is 0 Å². The van der Waals surface area contributed by atoms with Crippen LogP contribution in [0.3, 0.4) is 0 Å². The summed E-state index contributed by atoms with van der Waals surface area (Å²) in [6, 6.07) is 0. The molecule has 2 N–H and O–H groups in total. The molecule has 0 bridgehead atoms. The van der Waals surface area contributed by atoms with Crippen molar-refractivity contribution in [1.82, 2.24) is 0 Å². The van der Waals surface area contributed by atoms with Crippen molar-refractivity contribution in [3.05, 3.63) is 0 Å². The molecule has 37 heavy (non-hydrogen) atoms. The molecule has 5 nitrogen and oxygen atoms in total. The van der Waals surface area contributed by atoms with Crippen LogP contribution in [-0.4, -0.2) is 48.2 Å². The quantitative estimate of drug-likeness (QED) is 0.0866. The molecule has 0 saturated heterocycles. The normalized spacial score (nSPS) is 18.6. The standard InChI is InChI=1S/C32H66O5/c1-9-11-19-35-31(17-13-15-25(3)21-27(5)23-29(7)33)37-32(36-20-12-10-2)18-14-16-26(4)22-28(6)24-30(8)34/h25-34H,9-24H2,1-8H3. The maximum absolute atomic E-state index is 9.66. The van der Waals surface area contributed by atoms with Gasteiger partial charge in [-0.15, -0.1) is 0 Å². The van der Waals surface area contributed by atoms with Gasteiger partial charge in [0.2, 0.25) is 0 Å². The second-order valence-corrected chi connectivity index (χ2v) is 12.4. The zero-order valence-corrected chi connectivity index (χ0v) is 26.1. The van der Waals surface area contributed by atoms with Crippen LogP contribution in [0.15, 0.2) is 0 Å². The lowest BCUT2D eigenvalue weighted by molar-refractivity contribution is -0.250. The van der Waals surface area contributed by atoms with Crippen LogP contribution in [0.4, 0.5) is 0 Å². The minimum Gasteiger partial charge on any atom is -0.393 e. The Hall–Kier alpha value is -0.200. The number of rotatable bonds is 26. The number of hydrogen-bond donors (Lipinski definition) is 2. The molecule has 5 heteroatoms. The maximum atomic E-state index is 9.66. The summed E-state index contributed by atoms with van der Waals surface area (Å²) in [6.45, 7) is 18.8. The number of aliphatic hydroxyl groups is 2. The average Bonchev–Trinajstić information content (AvgIpc) is 2.77. The minimum atomic E-state index is -0.216. The molecule has 0 saturated carbocycles. The largest absolute Gasteiger partial charge is 0.393 e. The highest BCUT2D eigenvalue weighted by molar-refractivity contribution is 4.65. The van der Waals surface area contributed by atoms with Crippen molar-refractivity contribution < 1.29 is 24.4 Å². The van der Waals surface area contributed by atoms with Gasteiger partial charge < -0.3 is 24.4 Å². The van der Waals surface area contributed by atoms with Crippen LogP contribution in [0, 0.1) is 23.7 Å². The summed E-state index contributed by atoms with van der Waals surface area (Å²) < 4.78 is 18.9. The van der Waals surface area contributed by atoms with E-state index in [4.69, 9.17) is 14.2 Å². The topological polar surface area (TPSA) is 68.2 Å². The van der Waals surface area contributed by atoms with E-state index in [1.807, 2.05) is 13.8 Å². The number of unbranched alkanes of at least 4 members (excludes halogenated alkanes) is 2. The Balaban J connectivity index is 4.77. The van der Waals surface area contributed by atoms with Gasteiger partial charge >= 0.3 is 0 Å². The van der Waals surface area contributed by atoms with Crippen molar-refractivity contribution in [2.75, 3.05) is 13.2 Å². The van der Waals surface area contributed by atoms with E-state index < -0.39 is 0 Å². The summed E-state index contributed by atoms with van der Waals surface area (Å²) in [5, 5.41) is 19.3. The lowest BCUT2D eigenvalue weighted by Gasteiger charge is -2.26. The van der Waals surface area contributed by atoms with Gasteiger partial charge in [0.05, 0.1) is 12.2 Å². The number of aliphatic hydroxyl groups excluding tert-OH is 2. The lowest BCUT2D eigenvalue weighted by Crippen LogP contribution is -2.28. The van der Waals surface area contributed by atoms with Crippen LogP contribution < -0.4 is 0 Å². The first-order valence-electron chi connectivity index (χ1n) is 15.8. The number of hydrogen-bond acceptors (Lipinski definition) is 5. The minimum absolute atomic E-state index is 0.205. The van der Waals surface area contributed by atoms with Crippen LogP contribution in [0.25, 0.3) is 0 Å². The second kappa shape index (κ2) is 23.7. The zero-order valence-electron chi connectivity index (χ0n) is 26.1. The van der Waals surface area contributed by atoms with Gasteiger partial charge in [0.1, 0.15) is 0 Å². The molecule has 8 atom stereocenters. The molecule has 8 unspecified atom stereocenters. The molecule has 224 valence electrons. The predicted molar refractivity (Wildman–Crippen MR) is 157 cm³/mol. The van der Waals surface area contributed by atoms with E-state index in [1.54, 1.807) is 0 Å². The van der Waals surface area contributed by atoms with Crippen molar-refractivity contribution >= 4 is 0 Å². The Morgan fingerprint density at radius 2 is 0.865 bits per heavy atom. The van der Waals surface area contributed by atoms with Gasteiger partial charge in [-0.1, -0.05) is 67.2 Å². The molecule has 0 radical (unpaired) electrons. The fraction of sp³-hybridized carbons (Fsp3) is 1.00. The van der Waals surface area contributed by atoms with Crippen molar-refractivity contribution in [3.8, 4) is 0 Å². The predicted octanol–water partition coefficient (Wildman–Crippen LogP) is 8.50. The van der Waals surface area contributed by atoms with E-state index in [0.29, 0.717) is 23.7 Å². The van der Waals surface area contributed by atoms with Crippen molar-refractivity contribution in [2.24, 2.45) is 23.7 Å². The first-order valence-corrected chi connectivity index (χ1v) is 15.8. The average molecular weight is 531 g/mol. The van der Waals surface area contributed by atoms with E-state index in [2.05, 4.69) is 41.5 Å². The lowest BCUT2D eigenvalue weighted by atomic mass is 9.90. The molecule has 0 aliphatic heterocycles. The second-order valence-electron chi connectivity index (χ2n) is 12.4. The fourth-order valence-electron chi connectivity index (χ4n) is 5.50. The van der Waals surface area contributed by atoms with Gasteiger partial charge in [0.25, 0.3) is 0 Å². The maximum Gasteiger partial charge on any atom is 0.160 e. The van der Waals surface area contributed by atoms with Crippen LogP contribution in [0.5, 0.6) is 0 Å². The molecule has 0 aromatic rings. The summed E-state index contributed by atoms with van der Waals surface area (Å²) in [4.78, 5) is 0. The van der Waals surface area contributed by atoms with Crippen molar-refractivity contribution in [1.29, 1.82) is 0 Å². The molecule has 0 aromatic heterocycles. The van der Waals surface area contributed by atoms with E-state index in [1.165, 1.54) is 0 Å². The van der Waals surface area contributed by atoms with E-state index in [9.17, 15) is 10.2 Å². The third kappa shape index (κ3) is 23.4. The van der Waals surface area contributed by atoms with Gasteiger partial charge in [-0.05, 0) is 102 Å². The van der Waals surface area contributed by atoms with E-state index in [0.717, 1.165) is 103 Å². The molecule has 0 fully saturated rings. The highest BCUT2D eigenvalue weighted by Crippen LogP contribution is 2.25. The van der Waals surface area contributed by atoms with Crippen LogP contribution in [0.2, 0.25) is 0 Å². The molecular formula is C32H66O5. The fourth-order valence-corrected chi connectivity index (χ4v) is 5.50. The van der Waals surface area contributed by atoms with E-state index in [-0.39, 0.29) is 24.8 Å². The summed E-state index contributed by atoms with van der Waals surface area (Å²) >= 11 is 0. The summed E-state index contributed by atoms with van der Waals surface area (Å²) in [6.07, 6.45) is 13.9. The number of ether oxygens (including phenoxy) is 3. The Kier molecular flexibility index (Phi) is 23.5. The Labute approximate surface area is 231 Å². The van der Waals surface area contributed by atoms with Crippen molar-refractivity contribution in [3.63, 3.8) is 0 Å². The van der Waals surface area contributed by atoms with Gasteiger partial charge in [0.15, 0.2) is 12.6 Å². The Bertz CT molecular complexity index is 442.